The molecule has 34 heavy (non-hydrogen) atoms. The molecular formula is C25H26N6O3. The van der Waals surface area contributed by atoms with Crippen LogP contribution in [0.2, 0.25) is 0 Å². The van der Waals surface area contributed by atoms with E-state index in [1.54, 1.807) is 60.9 Å². The Hall–Kier alpha value is -4.40. The second-order valence-electron chi connectivity index (χ2n) is 7.56. The Morgan fingerprint density at radius 1 is 0.912 bits per heavy atom. The number of nitrogens with one attached hydrogen (secondary N) is 2. The minimum atomic E-state index is -0.347. The first-order valence-corrected chi connectivity index (χ1v) is 10.9. The Bertz CT molecular complexity index is 1280. The maximum Gasteiger partial charge on any atom is 0.323 e. The summed E-state index contributed by atoms with van der Waals surface area (Å²) in [6, 6.07) is 15.6. The number of ether oxygens (including phenoxy) is 2. The first kappa shape index (κ1) is 22.8. The van der Waals surface area contributed by atoms with Crippen LogP contribution in [0.3, 0.4) is 0 Å². The minimum Gasteiger partial charge on any atom is -0.494 e. The van der Waals surface area contributed by atoms with Gasteiger partial charge in [-0.2, -0.15) is 4.98 Å². The molecule has 2 aromatic heterocycles. The number of hydrogen-bond acceptors (Lipinski definition) is 6. The van der Waals surface area contributed by atoms with E-state index in [4.69, 9.17) is 9.47 Å². The van der Waals surface area contributed by atoms with Gasteiger partial charge in [-0.3, -0.25) is 4.57 Å². The molecule has 0 spiro atoms. The van der Waals surface area contributed by atoms with Crippen molar-refractivity contribution in [3.05, 3.63) is 78.1 Å². The number of amides is 2. The summed E-state index contributed by atoms with van der Waals surface area (Å²) in [5.41, 5.74) is 3.23. The predicted octanol–water partition coefficient (Wildman–Crippen LogP) is 5.42. The number of hydrogen-bond donors (Lipinski definition) is 2. The first-order chi connectivity index (χ1) is 16.4. The van der Waals surface area contributed by atoms with Crippen molar-refractivity contribution in [2.75, 3.05) is 17.2 Å². The molecule has 0 radical (unpaired) electrons. The number of aryl methyl sites for hydroxylation is 2. The molecular weight excluding hydrogens is 432 g/mol. The van der Waals surface area contributed by atoms with Crippen LogP contribution in [0.4, 0.5) is 16.2 Å². The highest BCUT2D eigenvalue weighted by Crippen LogP contribution is 2.24. The number of imidazole rings is 1. The van der Waals surface area contributed by atoms with Crippen molar-refractivity contribution >= 4 is 17.4 Å². The van der Waals surface area contributed by atoms with Crippen LogP contribution < -0.4 is 20.1 Å². The summed E-state index contributed by atoms with van der Waals surface area (Å²) in [5, 5.41) is 5.58. The third kappa shape index (κ3) is 5.50. The van der Waals surface area contributed by atoms with Crippen molar-refractivity contribution in [3.63, 3.8) is 0 Å². The van der Waals surface area contributed by atoms with Crippen LogP contribution in [0.1, 0.15) is 24.1 Å². The van der Waals surface area contributed by atoms with E-state index in [9.17, 15) is 4.79 Å². The number of nitrogens with zero attached hydrogens (tertiary/aromatic N) is 4. The zero-order chi connectivity index (χ0) is 24.1. The molecule has 4 rings (SSSR count). The van der Waals surface area contributed by atoms with Gasteiger partial charge in [-0.05, 0) is 76.2 Å². The van der Waals surface area contributed by atoms with Gasteiger partial charge in [0.2, 0.25) is 5.88 Å². The van der Waals surface area contributed by atoms with Crippen LogP contribution in [-0.4, -0.2) is 32.2 Å². The lowest BCUT2D eigenvalue weighted by molar-refractivity contribution is 0.262. The summed E-state index contributed by atoms with van der Waals surface area (Å²) in [7, 11) is 0. The van der Waals surface area contributed by atoms with Gasteiger partial charge in [0.05, 0.1) is 12.3 Å². The summed E-state index contributed by atoms with van der Waals surface area (Å²) < 4.78 is 13.2. The van der Waals surface area contributed by atoms with Crippen molar-refractivity contribution in [2.24, 2.45) is 0 Å². The number of rotatable bonds is 7. The quantitative estimate of drug-likeness (QED) is 0.383. The molecule has 0 bridgehead atoms. The zero-order valence-electron chi connectivity index (χ0n) is 19.5. The van der Waals surface area contributed by atoms with E-state index in [0.29, 0.717) is 41.3 Å². The van der Waals surface area contributed by atoms with Gasteiger partial charge in [0.25, 0.3) is 0 Å². The van der Waals surface area contributed by atoms with E-state index >= 15 is 0 Å². The Balaban J connectivity index is 1.39. The summed E-state index contributed by atoms with van der Waals surface area (Å²) >= 11 is 0. The molecule has 2 heterocycles. The molecule has 2 amide bonds. The van der Waals surface area contributed by atoms with E-state index < -0.39 is 0 Å². The molecule has 4 aromatic rings. The Kier molecular flexibility index (Phi) is 6.72. The molecule has 0 fully saturated rings. The van der Waals surface area contributed by atoms with Crippen molar-refractivity contribution < 1.29 is 14.3 Å². The molecule has 0 saturated carbocycles. The molecule has 2 aromatic carbocycles. The summed E-state index contributed by atoms with van der Waals surface area (Å²) in [4.78, 5) is 25.5. The lowest BCUT2D eigenvalue weighted by Crippen LogP contribution is -2.19. The second kappa shape index (κ2) is 10.0. The van der Waals surface area contributed by atoms with E-state index in [1.165, 1.54) is 0 Å². The number of urea groups is 1. The summed E-state index contributed by atoms with van der Waals surface area (Å²) in [6.07, 6.45) is 1.73. The lowest BCUT2D eigenvalue weighted by Gasteiger charge is -2.11. The summed E-state index contributed by atoms with van der Waals surface area (Å²) in [6.45, 7) is 8.26. The van der Waals surface area contributed by atoms with Crippen molar-refractivity contribution in [1.29, 1.82) is 0 Å². The minimum absolute atomic E-state index is 0.347. The highest BCUT2D eigenvalue weighted by Gasteiger charge is 2.10. The fourth-order valence-corrected chi connectivity index (χ4v) is 3.25. The standard InChI is InChI=1S/C25H26N6O3/c1-5-33-21-10-6-19(7-11-21)29-25(32)30-20-8-12-22(13-9-20)34-24-14-23(27-18(4)28-24)31-15-26-16(2)17(31)3/h6-15H,5H2,1-4H3,(H2,29,30,32). The topological polar surface area (TPSA) is 103 Å². The largest absolute Gasteiger partial charge is 0.494 e. The van der Waals surface area contributed by atoms with Crippen LogP contribution >= 0.6 is 0 Å². The molecule has 0 atom stereocenters. The molecule has 9 heteroatoms. The number of aromatic nitrogens is 4. The molecule has 0 unspecified atom stereocenters. The smallest absolute Gasteiger partial charge is 0.323 e. The van der Waals surface area contributed by atoms with Crippen LogP contribution in [0.15, 0.2) is 60.9 Å². The highest BCUT2D eigenvalue weighted by molar-refractivity contribution is 5.99. The SMILES string of the molecule is CCOc1ccc(NC(=O)Nc2ccc(Oc3cc(-n4cnc(C)c4C)nc(C)n3)cc2)cc1. The van der Waals surface area contributed by atoms with Crippen LogP contribution in [0.5, 0.6) is 17.4 Å². The van der Waals surface area contributed by atoms with Gasteiger partial charge >= 0.3 is 6.03 Å². The van der Waals surface area contributed by atoms with Gasteiger partial charge in [-0.1, -0.05) is 0 Å². The molecule has 0 aliphatic heterocycles. The van der Waals surface area contributed by atoms with Crippen LogP contribution in [0.25, 0.3) is 5.82 Å². The van der Waals surface area contributed by atoms with Crippen LogP contribution in [-0.2, 0) is 0 Å². The van der Waals surface area contributed by atoms with Crippen LogP contribution in [0, 0.1) is 20.8 Å². The van der Waals surface area contributed by atoms with Gasteiger partial charge in [0.1, 0.15) is 29.5 Å². The fraction of sp³-hybridized carbons (Fsp3) is 0.200. The van der Waals surface area contributed by atoms with E-state index in [0.717, 1.165) is 17.1 Å². The van der Waals surface area contributed by atoms with Crippen molar-refractivity contribution in [1.82, 2.24) is 19.5 Å². The van der Waals surface area contributed by atoms with E-state index in [-0.39, 0.29) is 6.03 Å². The van der Waals surface area contributed by atoms with Gasteiger partial charge in [0.15, 0.2) is 0 Å². The normalized spacial score (nSPS) is 10.6. The number of carbonyl (C=O) groups excluding carboxylic acids is 1. The number of anilines is 2. The first-order valence-electron chi connectivity index (χ1n) is 10.9. The third-order valence-corrected chi connectivity index (χ3v) is 5.06. The Labute approximate surface area is 197 Å². The van der Waals surface area contributed by atoms with E-state index in [2.05, 4.69) is 25.6 Å². The third-order valence-electron chi connectivity index (χ3n) is 5.06. The average Bonchev–Trinajstić information content (AvgIpc) is 3.14. The summed E-state index contributed by atoms with van der Waals surface area (Å²) in [5.74, 6) is 3.03. The van der Waals surface area contributed by atoms with E-state index in [1.807, 2.05) is 32.3 Å². The number of benzene rings is 2. The van der Waals surface area contributed by atoms with Crippen molar-refractivity contribution in [2.45, 2.75) is 27.7 Å². The van der Waals surface area contributed by atoms with Gasteiger partial charge in [-0.15, -0.1) is 0 Å². The fourth-order valence-electron chi connectivity index (χ4n) is 3.25. The molecule has 9 nitrogen and oxygen atoms in total. The van der Waals surface area contributed by atoms with Gasteiger partial charge < -0.3 is 20.1 Å². The molecule has 0 aliphatic rings. The highest BCUT2D eigenvalue weighted by atomic mass is 16.5. The maximum atomic E-state index is 12.3. The number of carbonyl (C=O) groups is 1. The lowest BCUT2D eigenvalue weighted by atomic mass is 10.3. The maximum absolute atomic E-state index is 12.3. The Morgan fingerprint density at radius 3 is 2.09 bits per heavy atom. The molecule has 2 N–H and O–H groups in total. The predicted molar refractivity (Wildman–Crippen MR) is 130 cm³/mol. The molecule has 0 saturated heterocycles. The van der Waals surface area contributed by atoms with Gasteiger partial charge in [0, 0.05) is 23.1 Å². The zero-order valence-corrected chi connectivity index (χ0v) is 19.5. The van der Waals surface area contributed by atoms with Gasteiger partial charge in [-0.25, -0.2) is 14.8 Å². The van der Waals surface area contributed by atoms with Crippen molar-refractivity contribution in [3.8, 4) is 23.2 Å². The average molecular weight is 459 g/mol. The monoisotopic (exact) mass is 458 g/mol. The Morgan fingerprint density at radius 2 is 1.53 bits per heavy atom. The molecule has 174 valence electrons. The molecule has 0 aliphatic carbocycles. The second-order valence-corrected chi connectivity index (χ2v) is 7.56.